The molecule has 0 unspecified atom stereocenters. The fourth-order valence-corrected chi connectivity index (χ4v) is 3.25. The maximum Gasteiger partial charge on any atom is 0.266 e. The van der Waals surface area contributed by atoms with E-state index in [2.05, 4.69) is 20.6 Å². The lowest BCUT2D eigenvalue weighted by atomic mass is 9.86. The van der Waals surface area contributed by atoms with Crippen molar-refractivity contribution in [2.24, 2.45) is 13.0 Å². The van der Waals surface area contributed by atoms with Gasteiger partial charge >= 0.3 is 0 Å². The van der Waals surface area contributed by atoms with Crippen LogP contribution in [0.15, 0.2) is 45.7 Å². The first-order valence-electron chi connectivity index (χ1n) is 8.82. The molecule has 0 fully saturated rings. The van der Waals surface area contributed by atoms with E-state index in [1.54, 1.807) is 13.1 Å². The van der Waals surface area contributed by atoms with Crippen LogP contribution in [0.3, 0.4) is 0 Å². The van der Waals surface area contributed by atoms with Crippen molar-refractivity contribution < 1.29 is 9.32 Å². The molecular weight excluding hydrogens is 346 g/mol. The molecule has 0 saturated heterocycles. The minimum absolute atomic E-state index is 0.0826. The number of nitrogens with zero attached hydrogens (tertiary/aromatic N) is 4. The molecule has 0 bridgehead atoms. The zero-order valence-corrected chi connectivity index (χ0v) is 14.9. The third-order valence-electron chi connectivity index (χ3n) is 4.74. The molecule has 0 radical (unpaired) electrons. The van der Waals surface area contributed by atoms with Crippen molar-refractivity contribution >= 4 is 5.91 Å². The lowest BCUT2D eigenvalue weighted by molar-refractivity contribution is -0.125. The Bertz CT molecular complexity index is 1030. The molecule has 4 rings (SSSR count). The number of benzene rings is 1. The summed E-state index contributed by atoms with van der Waals surface area (Å²) in [5, 5.41) is 11.1. The molecule has 3 aromatic rings. The molecule has 2 heterocycles. The highest BCUT2D eigenvalue weighted by molar-refractivity contribution is 5.79. The molecule has 8 nitrogen and oxygen atoms in total. The second-order valence-electron chi connectivity index (χ2n) is 6.61. The predicted molar refractivity (Wildman–Crippen MR) is 96.6 cm³/mol. The molecular formula is C19H19N5O3. The smallest absolute Gasteiger partial charge is 0.266 e. The molecule has 1 atom stereocenters. The quantitative estimate of drug-likeness (QED) is 0.746. The van der Waals surface area contributed by atoms with E-state index in [0.717, 1.165) is 16.8 Å². The lowest BCUT2D eigenvalue weighted by Crippen LogP contribution is -2.35. The molecule has 0 saturated carbocycles. The molecule has 1 amide bonds. The molecule has 138 valence electrons. The number of rotatable bonds is 4. The standard InChI is InChI=1S/C19H19N5O3/c1-24-17(25)10-14-9-13(7-8-15(14)22-24)19(26)20-11-16-21-18(23-27-16)12-5-3-2-4-6-12/h2-6,10,13H,7-9,11H2,1H3,(H,20,26)/t13-/m1/s1. The van der Waals surface area contributed by atoms with Crippen LogP contribution in [0.1, 0.15) is 23.6 Å². The minimum Gasteiger partial charge on any atom is -0.347 e. The Labute approximate surface area is 155 Å². The van der Waals surface area contributed by atoms with Crippen molar-refractivity contribution in [1.29, 1.82) is 0 Å². The summed E-state index contributed by atoms with van der Waals surface area (Å²) in [4.78, 5) is 28.6. The Morgan fingerprint density at radius 1 is 1.33 bits per heavy atom. The average Bonchev–Trinajstić information content (AvgIpc) is 3.16. The first kappa shape index (κ1) is 17.1. The molecule has 27 heavy (non-hydrogen) atoms. The number of amides is 1. The fourth-order valence-electron chi connectivity index (χ4n) is 3.25. The summed E-state index contributed by atoms with van der Waals surface area (Å²) in [6.45, 7) is 0.177. The summed E-state index contributed by atoms with van der Waals surface area (Å²) >= 11 is 0. The summed E-state index contributed by atoms with van der Waals surface area (Å²) < 4.78 is 6.54. The van der Waals surface area contributed by atoms with E-state index in [0.29, 0.717) is 31.0 Å². The molecule has 0 aliphatic heterocycles. The molecule has 1 aromatic carbocycles. The Kier molecular flexibility index (Phi) is 4.53. The first-order chi connectivity index (χ1) is 13.1. The van der Waals surface area contributed by atoms with Crippen LogP contribution < -0.4 is 10.9 Å². The van der Waals surface area contributed by atoms with Crippen molar-refractivity contribution in [2.75, 3.05) is 0 Å². The number of hydrogen-bond donors (Lipinski definition) is 1. The molecule has 8 heteroatoms. The summed E-state index contributed by atoms with van der Waals surface area (Å²) in [5.41, 5.74) is 2.45. The van der Waals surface area contributed by atoms with Crippen molar-refractivity contribution in [2.45, 2.75) is 25.8 Å². The van der Waals surface area contributed by atoms with Gasteiger partial charge in [0.2, 0.25) is 17.6 Å². The lowest BCUT2D eigenvalue weighted by Gasteiger charge is -2.22. The van der Waals surface area contributed by atoms with Gasteiger partial charge in [0.05, 0.1) is 12.2 Å². The van der Waals surface area contributed by atoms with Gasteiger partial charge in [-0.15, -0.1) is 0 Å². The monoisotopic (exact) mass is 365 g/mol. The Hall–Kier alpha value is -3.29. The minimum atomic E-state index is -0.192. The third kappa shape index (κ3) is 3.64. The average molecular weight is 365 g/mol. The van der Waals surface area contributed by atoms with Gasteiger partial charge in [-0.3, -0.25) is 9.59 Å². The molecule has 2 aromatic heterocycles. The zero-order chi connectivity index (χ0) is 18.8. The number of nitrogens with one attached hydrogen (secondary N) is 1. The van der Waals surface area contributed by atoms with E-state index >= 15 is 0 Å². The number of fused-ring (bicyclic) bond motifs is 1. The van der Waals surface area contributed by atoms with Crippen LogP contribution in [0.4, 0.5) is 0 Å². The van der Waals surface area contributed by atoms with E-state index in [1.807, 2.05) is 30.3 Å². The number of aromatic nitrogens is 4. The van der Waals surface area contributed by atoms with Crippen molar-refractivity contribution in [3.8, 4) is 11.4 Å². The molecule has 1 N–H and O–H groups in total. The molecule has 1 aliphatic carbocycles. The van der Waals surface area contributed by atoms with Crippen LogP contribution in [0.2, 0.25) is 0 Å². The number of carbonyl (C=O) groups is 1. The Morgan fingerprint density at radius 2 is 2.15 bits per heavy atom. The van der Waals surface area contributed by atoms with Crippen LogP contribution in [0.25, 0.3) is 11.4 Å². The van der Waals surface area contributed by atoms with E-state index < -0.39 is 0 Å². The number of aryl methyl sites for hydroxylation is 2. The van der Waals surface area contributed by atoms with Crippen molar-refractivity contribution in [3.05, 3.63) is 63.9 Å². The summed E-state index contributed by atoms with van der Waals surface area (Å²) in [6.07, 6.45) is 1.90. The summed E-state index contributed by atoms with van der Waals surface area (Å²) in [5.74, 6) is 0.575. The van der Waals surface area contributed by atoms with Gasteiger partial charge in [-0.25, -0.2) is 4.68 Å². The number of hydrogen-bond acceptors (Lipinski definition) is 6. The zero-order valence-electron chi connectivity index (χ0n) is 14.9. The van der Waals surface area contributed by atoms with Gasteiger partial charge in [0.1, 0.15) is 0 Å². The second kappa shape index (κ2) is 7.14. The topological polar surface area (TPSA) is 103 Å². The maximum atomic E-state index is 12.5. The number of carbonyl (C=O) groups excluding carboxylic acids is 1. The Morgan fingerprint density at radius 3 is 2.96 bits per heavy atom. The van der Waals surface area contributed by atoms with E-state index in [4.69, 9.17) is 4.52 Å². The van der Waals surface area contributed by atoms with Gasteiger partial charge in [0.25, 0.3) is 5.56 Å². The molecule has 0 spiro atoms. The molecule has 1 aliphatic rings. The summed E-state index contributed by atoms with van der Waals surface area (Å²) in [6, 6.07) is 11.1. The normalized spacial score (nSPS) is 16.0. The van der Waals surface area contributed by atoms with E-state index in [1.165, 1.54) is 4.68 Å². The fraction of sp³-hybridized carbons (Fsp3) is 0.316. The van der Waals surface area contributed by atoms with Crippen molar-refractivity contribution in [1.82, 2.24) is 25.2 Å². The van der Waals surface area contributed by atoms with Crippen molar-refractivity contribution in [3.63, 3.8) is 0 Å². The van der Waals surface area contributed by atoms with Crippen LogP contribution >= 0.6 is 0 Å². The highest BCUT2D eigenvalue weighted by Gasteiger charge is 2.26. The van der Waals surface area contributed by atoms with Crippen LogP contribution in [0, 0.1) is 5.92 Å². The van der Waals surface area contributed by atoms with E-state index in [9.17, 15) is 9.59 Å². The van der Waals surface area contributed by atoms with Gasteiger partial charge in [-0.2, -0.15) is 10.1 Å². The largest absolute Gasteiger partial charge is 0.347 e. The van der Waals surface area contributed by atoms with Gasteiger partial charge in [0.15, 0.2) is 0 Å². The first-order valence-corrected chi connectivity index (χ1v) is 8.82. The van der Waals surface area contributed by atoms with E-state index in [-0.39, 0.29) is 23.9 Å². The highest BCUT2D eigenvalue weighted by Crippen LogP contribution is 2.23. The Balaban J connectivity index is 1.38. The van der Waals surface area contributed by atoms with Crippen LogP contribution in [-0.2, 0) is 31.2 Å². The van der Waals surface area contributed by atoms with Gasteiger partial charge < -0.3 is 9.84 Å². The van der Waals surface area contributed by atoms with Gasteiger partial charge in [-0.1, -0.05) is 35.5 Å². The summed E-state index contributed by atoms with van der Waals surface area (Å²) in [7, 11) is 1.63. The predicted octanol–water partition coefficient (Wildman–Crippen LogP) is 1.25. The highest BCUT2D eigenvalue weighted by atomic mass is 16.5. The van der Waals surface area contributed by atoms with Gasteiger partial charge in [-0.05, 0) is 24.8 Å². The third-order valence-corrected chi connectivity index (χ3v) is 4.74. The van der Waals surface area contributed by atoms with Crippen LogP contribution in [-0.4, -0.2) is 25.8 Å². The SMILES string of the molecule is Cn1nc2c(cc1=O)C[C@H](C(=O)NCc1nc(-c3ccccc3)no1)CC2. The van der Waals surface area contributed by atoms with Crippen LogP contribution in [0.5, 0.6) is 0 Å². The maximum absolute atomic E-state index is 12.5. The van der Waals surface area contributed by atoms with Gasteiger partial charge in [0, 0.05) is 24.6 Å². The second-order valence-corrected chi connectivity index (χ2v) is 6.61.